The minimum Gasteiger partial charge on any atom is -0.494 e. The zero-order valence-corrected chi connectivity index (χ0v) is 15.0. The second-order valence-electron chi connectivity index (χ2n) is 5.58. The van der Waals surface area contributed by atoms with E-state index in [0.717, 1.165) is 0 Å². The quantitative estimate of drug-likeness (QED) is 0.718. The number of halogens is 3. The van der Waals surface area contributed by atoms with Crippen molar-refractivity contribution in [2.24, 2.45) is 0 Å². The molecule has 2 N–H and O–H groups in total. The zero-order valence-electron chi connectivity index (χ0n) is 15.0. The van der Waals surface area contributed by atoms with Gasteiger partial charge in [0.2, 0.25) is 0 Å². The summed E-state index contributed by atoms with van der Waals surface area (Å²) in [5.74, 6) is -1.40. The molecule has 0 heterocycles. The average molecular weight is 396 g/mol. The molecule has 2 rings (SSSR count). The molecule has 0 atom stereocenters. The molecule has 0 fully saturated rings. The molecule has 0 spiro atoms. The number of carbonyl (C=O) groups is 2. The highest BCUT2D eigenvalue weighted by atomic mass is 19.4. The second-order valence-corrected chi connectivity index (χ2v) is 5.58. The van der Waals surface area contributed by atoms with Gasteiger partial charge in [0, 0.05) is 12.2 Å². The van der Waals surface area contributed by atoms with Gasteiger partial charge in [-0.05, 0) is 42.8 Å². The van der Waals surface area contributed by atoms with E-state index >= 15 is 0 Å². The minimum atomic E-state index is -5.00. The van der Waals surface area contributed by atoms with Gasteiger partial charge in [-0.25, -0.2) is 0 Å². The molecule has 0 aliphatic rings. The van der Waals surface area contributed by atoms with Gasteiger partial charge in [0.15, 0.2) is 6.61 Å². The maximum atomic E-state index is 12.4. The Morgan fingerprint density at radius 3 is 2.18 bits per heavy atom. The number of hydrogen-bond acceptors (Lipinski definition) is 4. The number of para-hydroxylation sites is 1. The molecule has 0 aromatic heterocycles. The Bertz CT molecular complexity index is 808. The predicted molar refractivity (Wildman–Crippen MR) is 96.1 cm³/mol. The lowest BCUT2D eigenvalue weighted by Gasteiger charge is -2.13. The van der Waals surface area contributed by atoms with Gasteiger partial charge in [0.1, 0.15) is 11.5 Å². The lowest BCUT2D eigenvalue weighted by Crippen LogP contribution is -2.31. The van der Waals surface area contributed by atoms with Crippen molar-refractivity contribution in [2.75, 3.05) is 18.5 Å². The molecule has 0 aliphatic carbocycles. The average Bonchev–Trinajstić information content (AvgIpc) is 2.66. The second kappa shape index (κ2) is 9.63. The minimum absolute atomic E-state index is 0.0300. The van der Waals surface area contributed by atoms with Crippen LogP contribution in [0.25, 0.3) is 0 Å². The van der Waals surface area contributed by atoms with Crippen molar-refractivity contribution in [3.05, 3.63) is 54.1 Å². The molecule has 0 aliphatic heterocycles. The van der Waals surface area contributed by atoms with E-state index in [1.54, 1.807) is 35.6 Å². The summed E-state index contributed by atoms with van der Waals surface area (Å²) >= 11 is 0. The first-order chi connectivity index (χ1) is 13.3. The van der Waals surface area contributed by atoms with Crippen molar-refractivity contribution >= 4 is 17.5 Å². The molecule has 0 saturated heterocycles. The number of benzene rings is 2. The van der Waals surface area contributed by atoms with Crippen molar-refractivity contribution in [3.63, 3.8) is 0 Å². The van der Waals surface area contributed by atoms with E-state index in [1.165, 1.54) is 18.2 Å². The van der Waals surface area contributed by atoms with Crippen LogP contribution in [0.15, 0.2) is 48.5 Å². The molecular formula is C19H19F3N2O4. The third kappa shape index (κ3) is 6.49. The molecular weight excluding hydrogens is 377 g/mol. The van der Waals surface area contributed by atoms with Crippen molar-refractivity contribution in [1.29, 1.82) is 0 Å². The van der Waals surface area contributed by atoms with Crippen LogP contribution in [0.3, 0.4) is 0 Å². The van der Waals surface area contributed by atoms with Gasteiger partial charge in [-0.1, -0.05) is 18.2 Å². The van der Waals surface area contributed by atoms with Crippen LogP contribution >= 0.6 is 0 Å². The molecule has 0 bridgehead atoms. The van der Waals surface area contributed by atoms with Crippen LogP contribution in [0.4, 0.5) is 18.9 Å². The molecule has 28 heavy (non-hydrogen) atoms. The summed E-state index contributed by atoms with van der Waals surface area (Å²) in [7, 11) is 0. The maximum Gasteiger partial charge on any atom is 0.471 e. The fourth-order valence-electron chi connectivity index (χ4n) is 2.18. The highest BCUT2D eigenvalue weighted by Crippen LogP contribution is 2.21. The van der Waals surface area contributed by atoms with Crippen LogP contribution in [0, 0.1) is 0 Å². The van der Waals surface area contributed by atoms with Gasteiger partial charge in [-0.3, -0.25) is 9.59 Å². The summed E-state index contributed by atoms with van der Waals surface area (Å²) in [5.41, 5.74) is 0.298. The van der Waals surface area contributed by atoms with E-state index in [9.17, 15) is 22.8 Å². The third-order valence-corrected chi connectivity index (χ3v) is 3.50. The summed E-state index contributed by atoms with van der Waals surface area (Å²) in [6.45, 7) is 2.06. The Morgan fingerprint density at radius 1 is 0.964 bits per heavy atom. The van der Waals surface area contributed by atoms with Gasteiger partial charge in [0.05, 0.1) is 6.61 Å². The van der Waals surface area contributed by atoms with Crippen molar-refractivity contribution in [3.8, 4) is 11.5 Å². The fraction of sp³-hybridized carbons (Fsp3) is 0.263. The maximum absolute atomic E-state index is 12.4. The van der Waals surface area contributed by atoms with Crippen LogP contribution in [-0.2, 0) is 16.1 Å². The monoisotopic (exact) mass is 396 g/mol. The Hall–Kier alpha value is -3.23. The topological polar surface area (TPSA) is 76.7 Å². The van der Waals surface area contributed by atoms with E-state index < -0.39 is 18.0 Å². The highest BCUT2D eigenvalue weighted by molar-refractivity contribution is 5.95. The number of hydrogen-bond donors (Lipinski definition) is 2. The summed E-state index contributed by atoms with van der Waals surface area (Å²) in [4.78, 5) is 23.0. The number of alkyl halides is 3. The highest BCUT2D eigenvalue weighted by Gasteiger charge is 2.38. The molecule has 9 heteroatoms. The number of rotatable bonds is 8. The Morgan fingerprint density at radius 2 is 1.57 bits per heavy atom. The molecule has 0 radical (unpaired) electrons. The standard InChI is InChI=1S/C19H19F3N2O4/c1-2-27-14-7-9-15(10-8-14)28-12-17(25)23-11-13-5-3-4-6-16(13)24-18(26)19(20,21)22/h3-10H,2,11-12H2,1H3,(H,23,25)(H,24,26). The summed E-state index contributed by atoms with van der Waals surface area (Å²) in [6, 6.07) is 12.6. The van der Waals surface area contributed by atoms with Crippen LogP contribution in [0.2, 0.25) is 0 Å². The number of nitrogens with one attached hydrogen (secondary N) is 2. The fourth-order valence-corrected chi connectivity index (χ4v) is 2.18. The number of amides is 2. The summed E-state index contributed by atoms with van der Waals surface area (Å²) in [6.07, 6.45) is -5.00. The summed E-state index contributed by atoms with van der Waals surface area (Å²) in [5, 5.41) is 4.32. The zero-order chi connectivity index (χ0) is 20.6. The first kappa shape index (κ1) is 21.1. The van der Waals surface area contributed by atoms with Crippen LogP contribution in [0.1, 0.15) is 12.5 Å². The van der Waals surface area contributed by atoms with Crippen LogP contribution < -0.4 is 20.1 Å². The van der Waals surface area contributed by atoms with Gasteiger partial charge in [0.25, 0.3) is 5.91 Å². The van der Waals surface area contributed by atoms with E-state index in [4.69, 9.17) is 9.47 Å². The molecule has 2 aromatic carbocycles. The lowest BCUT2D eigenvalue weighted by molar-refractivity contribution is -0.167. The molecule has 0 saturated carbocycles. The van der Waals surface area contributed by atoms with E-state index in [0.29, 0.717) is 23.7 Å². The largest absolute Gasteiger partial charge is 0.494 e. The Balaban J connectivity index is 1.86. The molecule has 0 unspecified atom stereocenters. The first-order valence-corrected chi connectivity index (χ1v) is 8.38. The Kier molecular flexibility index (Phi) is 7.25. The molecule has 150 valence electrons. The predicted octanol–water partition coefficient (Wildman–Crippen LogP) is 3.28. The van der Waals surface area contributed by atoms with E-state index in [2.05, 4.69) is 5.32 Å². The lowest BCUT2D eigenvalue weighted by atomic mass is 10.1. The molecule has 6 nitrogen and oxygen atoms in total. The number of carbonyl (C=O) groups excluding carboxylic acids is 2. The van der Waals surface area contributed by atoms with Gasteiger partial charge in [-0.15, -0.1) is 0 Å². The van der Waals surface area contributed by atoms with E-state index in [1.807, 2.05) is 6.92 Å². The van der Waals surface area contributed by atoms with Gasteiger partial charge >= 0.3 is 12.1 Å². The molecule has 2 aromatic rings. The normalized spacial score (nSPS) is 10.9. The van der Waals surface area contributed by atoms with Crippen LogP contribution in [-0.4, -0.2) is 31.2 Å². The van der Waals surface area contributed by atoms with Crippen molar-refractivity contribution < 1.29 is 32.2 Å². The molecule has 2 amide bonds. The van der Waals surface area contributed by atoms with Gasteiger partial charge < -0.3 is 20.1 Å². The van der Waals surface area contributed by atoms with Crippen molar-refractivity contribution in [2.45, 2.75) is 19.6 Å². The third-order valence-electron chi connectivity index (χ3n) is 3.50. The van der Waals surface area contributed by atoms with Gasteiger partial charge in [-0.2, -0.15) is 13.2 Å². The number of anilines is 1. The van der Waals surface area contributed by atoms with Crippen LogP contribution in [0.5, 0.6) is 11.5 Å². The van der Waals surface area contributed by atoms with Crippen molar-refractivity contribution in [1.82, 2.24) is 5.32 Å². The SMILES string of the molecule is CCOc1ccc(OCC(=O)NCc2ccccc2NC(=O)C(F)(F)F)cc1. The number of ether oxygens (including phenoxy) is 2. The first-order valence-electron chi connectivity index (χ1n) is 8.38. The Labute approximate surface area is 159 Å². The summed E-state index contributed by atoms with van der Waals surface area (Å²) < 4.78 is 47.9. The smallest absolute Gasteiger partial charge is 0.471 e. The van der Waals surface area contributed by atoms with E-state index in [-0.39, 0.29) is 18.8 Å².